The van der Waals surface area contributed by atoms with Crippen LogP contribution in [0.25, 0.3) is 0 Å². The van der Waals surface area contributed by atoms with E-state index in [0.717, 1.165) is 6.42 Å². The molecule has 64 valence electrons. The number of aliphatic hydroxyl groups is 1. The number of hydrogen-bond donors (Lipinski definition) is 1. The highest BCUT2D eigenvalue weighted by atomic mass is 16.3. The second kappa shape index (κ2) is 3.40. The van der Waals surface area contributed by atoms with E-state index in [1.165, 1.54) is 24.0 Å². The van der Waals surface area contributed by atoms with Gasteiger partial charge in [-0.1, -0.05) is 11.1 Å². The zero-order chi connectivity index (χ0) is 8.43. The Bertz CT molecular complexity index is 162. The maximum atomic E-state index is 9.57. The van der Waals surface area contributed by atoms with E-state index < -0.39 is 0 Å². The molecule has 1 nitrogen and oxygen atoms in total. The van der Waals surface area contributed by atoms with Crippen LogP contribution in [0.2, 0.25) is 0 Å². The first-order valence-electron chi connectivity index (χ1n) is 4.42. The third kappa shape index (κ3) is 2.66. The van der Waals surface area contributed by atoms with Crippen molar-refractivity contribution in [1.82, 2.24) is 0 Å². The van der Waals surface area contributed by atoms with Gasteiger partial charge in [-0.15, -0.1) is 0 Å². The molecule has 0 aromatic heterocycles. The van der Waals surface area contributed by atoms with Gasteiger partial charge in [0.2, 0.25) is 0 Å². The first-order chi connectivity index (χ1) is 5.11. The smallest absolute Gasteiger partial charge is 0.0605 e. The lowest BCUT2D eigenvalue weighted by Gasteiger charge is -2.10. The van der Waals surface area contributed by atoms with Crippen molar-refractivity contribution in [3.05, 3.63) is 11.1 Å². The Balaban J connectivity index is 2.34. The van der Waals surface area contributed by atoms with Crippen LogP contribution in [-0.4, -0.2) is 11.2 Å². The lowest BCUT2D eigenvalue weighted by molar-refractivity contribution is 0.151. The van der Waals surface area contributed by atoms with Gasteiger partial charge in [-0.3, -0.25) is 0 Å². The van der Waals surface area contributed by atoms with Gasteiger partial charge in [0.1, 0.15) is 0 Å². The van der Waals surface area contributed by atoms with Crippen molar-refractivity contribution in [2.75, 3.05) is 0 Å². The lowest BCUT2D eigenvalue weighted by atomic mass is 10.0. The molecule has 0 amide bonds. The Morgan fingerprint density at radius 3 is 2.27 bits per heavy atom. The zero-order valence-corrected chi connectivity index (χ0v) is 7.72. The highest BCUT2D eigenvalue weighted by Gasteiger charge is 2.29. The van der Waals surface area contributed by atoms with E-state index in [4.69, 9.17) is 0 Å². The van der Waals surface area contributed by atoms with Gasteiger partial charge < -0.3 is 5.11 Å². The monoisotopic (exact) mass is 154 g/mol. The minimum atomic E-state index is -0.0649. The third-order valence-electron chi connectivity index (χ3n) is 2.54. The molecule has 1 atom stereocenters. The molecule has 1 N–H and O–H groups in total. The van der Waals surface area contributed by atoms with Crippen LogP contribution < -0.4 is 0 Å². The molecule has 0 radical (unpaired) electrons. The third-order valence-corrected chi connectivity index (χ3v) is 2.54. The highest BCUT2D eigenvalue weighted by Crippen LogP contribution is 2.35. The van der Waals surface area contributed by atoms with Crippen molar-refractivity contribution >= 4 is 0 Å². The molecule has 0 aromatic carbocycles. The molecule has 0 aliphatic heterocycles. The van der Waals surface area contributed by atoms with Gasteiger partial charge in [-0.2, -0.15) is 0 Å². The zero-order valence-electron chi connectivity index (χ0n) is 7.72. The predicted molar refractivity (Wildman–Crippen MR) is 47.4 cm³/mol. The molecule has 0 spiro atoms. The molecule has 0 saturated heterocycles. The summed E-state index contributed by atoms with van der Waals surface area (Å²) in [5, 5.41) is 9.57. The van der Waals surface area contributed by atoms with Crippen LogP contribution in [-0.2, 0) is 0 Å². The van der Waals surface area contributed by atoms with Crippen LogP contribution >= 0.6 is 0 Å². The molecule has 0 heterocycles. The molecule has 1 saturated carbocycles. The van der Waals surface area contributed by atoms with Gasteiger partial charge in [0.15, 0.2) is 0 Å². The van der Waals surface area contributed by atoms with Gasteiger partial charge in [0.25, 0.3) is 0 Å². The average molecular weight is 154 g/mol. The highest BCUT2D eigenvalue weighted by molar-refractivity contribution is 5.08. The van der Waals surface area contributed by atoms with Gasteiger partial charge >= 0.3 is 0 Å². The number of rotatable bonds is 3. The summed E-state index contributed by atoms with van der Waals surface area (Å²) < 4.78 is 0. The molecule has 1 fully saturated rings. The van der Waals surface area contributed by atoms with E-state index in [0.29, 0.717) is 5.92 Å². The van der Waals surface area contributed by atoms with Gasteiger partial charge in [0.05, 0.1) is 6.10 Å². The molecule has 0 bridgehead atoms. The van der Waals surface area contributed by atoms with Crippen molar-refractivity contribution in [3.8, 4) is 0 Å². The van der Waals surface area contributed by atoms with Crippen LogP contribution in [0.4, 0.5) is 0 Å². The average Bonchev–Trinajstić information content (AvgIpc) is 2.67. The maximum absolute atomic E-state index is 9.57. The summed E-state index contributed by atoms with van der Waals surface area (Å²) in [6.45, 7) is 6.32. The molecule has 0 aromatic rings. The van der Waals surface area contributed by atoms with Gasteiger partial charge in [-0.05, 0) is 46.0 Å². The van der Waals surface area contributed by atoms with E-state index in [2.05, 4.69) is 20.8 Å². The molecule has 11 heavy (non-hydrogen) atoms. The van der Waals surface area contributed by atoms with Gasteiger partial charge in [0, 0.05) is 0 Å². The summed E-state index contributed by atoms with van der Waals surface area (Å²) in [5.74, 6) is 0.615. The summed E-state index contributed by atoms with van der Waals surface area (Å²) in [7, 11) is 0. The molecule has 1 aliphatic carbocycles. The van der Waals surface area contributed by atoms with E-state index in [1.54, 1.807) is 0 Å². The van der Waals surface area contributed by atoms with E-state index in [9.17, 15) is 5.11 Å². The Hall–Kier alpha value is -0.300. The summed E-state index contributed by atoms with van der Waals surface area (Å²) in [6.07, 6.45) is 3.28. The maximum Gasteiger partial charge on any atom is 0.0605 e. The molecule has 1 aliphatic rings. The summed E-state index contributed by atoms with van der Waals surface area (Å²) in [6, 6.07) is 0. The SMILES string of the molecule is CC(C)=C(C)CC(O)C1CC1. The van der Waals surface area contributed by atoms with Crippen molar-refractivity contribution < 1.29 is 5.11 Å². The molecular formula is C10H18O. The van der Waals surface area contributed by atoms with Crippen LogP contribution in [0.15, 0.2) is 11.1 Å². The molecule has 1 rings (SSSR count). The Morgan fingerprint density at radius 1 is 1.36 bits per heavy atom. The van der Waals surface area contributed by atoms with E-state index in [1.807, 2.05) is 0 Å². The summed E-state index contributed by atoms with van der Waals surface area (Å²) in [5.41, 5.74) is 2.70. The van der Waals surface area contributed by atoms with Crippen LogP contribution in [0.3, 0.4) is 0 Å². The lowest BCUT2D eigenvalue weighted by Crippen LogP contribution is -2.09. The fourth-order valence-electron chi connectivity index (χ4n) is 1.17. The summed E-state index contributed by atoms with van der Waals surface area (Å²) >= 11 is 0. The molecule has 1 heteroatoms. The topological polar surface area (TPSA) is 20.2 Å². The first kappa shape index (κ1) is 8.79. The first-order valence-corrected chi connectivity index (χ1v) is 4.42. The Morgan fingerprint density at radius 2 is 1.91 bits per heavy atom. The number of aliphatic hydroxyl groups excluding tert-OH is 1. The Kier molecular flexibility index (Phi) is 2.72. The minimum absolute atomic E-state index is 0.0649. The van der Waals surface area contributed by atoms with Crippen molar-refractivity contribution in [3.63, 3.8) is 0 Å². The second-order valence-corrected chi connectivity index (χ2v) is 3.89. The van der Waals surface area contributed by atoms with Crippen molar-refractivity contribution in [2.24, 2.45) is 5.92 Å². The van der Waals surface area contributed by atoms with Crippen molar-refractivity contribution in [1.29, 1.82) is 0 Å². The summed E-state index contributed by atoms with van der Waals surface area (Å²) in [4.78, 5) is 0. The normalized spacial score (nSPS) is 19.6. The fraction of sp³-hybridized carbons (Fsp3) is 0.800. The number of allylic oxidation sites excluding steroid dienone is 1. The number of hydrogen-bond acceptors (Lipinski definition) is 1. The van der Waals surface area contributed by atoms with Gasteiger partial charge in [-0.25, -0.2) is 0 Å². The minimum Gasteiger partial charge on any atom is -0.393 e. The predicted octanol–water partition coefficient (Wildman–Crippen LogP) is 2.50. The standard InChI is InChI=1S/C10H18O/c1-7(2)8(3)6-10(11)9-4-5-9/h9-11H,4-6H2,1-3H3. The molecular weight excluding hydrogens is 136 g/mol. The van der Waals surface area contributed by atoms with Crippen molar-refractivity contribution in [2.45, 2.75) is 46.1 Å². The second-order valence-electron chi connectivity index (χ2n) is 3.89. The van der Waals surface area contributed by atoms with Crippen LogP contribution in [0.1, 0.15) is 40.0 Å². The van der Waals surface area contributed by atoms with E-state index in [-0.39, 0.29) is 6.10 Å². The van der Waals surface area contributed by atoms with E-state index >= 15 is 0 Å². The van der Waals surface area contributed by atoms with Crippen LogP contribution in [0.5, 0.6) is 0 Å². The molecule has 1 unspecified atom stereocenters. The Labute approximate surface area is 69.1 Å². The largest absolute Gasteiger partial charge is 0.393 e. The quantitative estimate of drug-likeness (QED) is 0.619. The van der Waals surface area contributed by atoms with Crippen LogP contribution in [0, 0.1) is 5.92 Å². The fourth-order valence-corrected chi connectivity index (χ4v) is 1.17.